The van der Waals surface area contributed by atoms with Crippen molar-refractivity contribution >= 4 is 27.6 Å². The fourth-order valence-corrected chi connectivity index (χ4v) is 6.89. The van der Waals surface area contributed by atoms with Crippen molar-refractivity contribution < 1.29 is 13.2 Å². The van der Waals surface area contributed by atoms with Crippen molar-refractivity contribution in [2.45, 2.75) is 45.4 Å². The summed E-state index contributed by atoms with van der Waals surface area (Å²) < 4.78 is 36.1. The van der Waals surface area contributed by atoms with E-state index in [9.17, 15) is 8.42 Å². The summed E-state index contributed by atoms with van der Waals surface area (Å²) in [7, 11) is -3.61. The standard InChI is InChI=1S/C29H36N4O3S/c1-21-15-22(2)17-26(16-21)30-20-25-18-23(3)33(24(25)4)29-19-27(7-8-28(29)31-9-5-6-10-31)37(34,35)32-11-13-36-14-12-32/h7-8,15-20H,5-6,9-14H2,1-4H3. The maximum atomic E-state index is 13.5. The normalized spacial score (nSPS) is 17.2. The van der Waals surface area contributed by atoms with Crippen LogP contribution in [0, 0.1) is 27.7 Å². The van der Waals surface area contributed by atoms with Gasteiger partial charge in [0, 0.05) is 49.3 Å². The molecule has 0 N–H and O–H groups in total. The van der Waals surface area contributed by atoms with Crippen molar-refractivity contribution in [3.63, 3.8) is 0 Å². The molecule has 2 aliphatic rings. The number of hydrogen-bond donors (Lipinski definition) is 0. The van der Waals surface area contributed by atoms with Gasteiger partial charge in [0.2, 0.25) is 10.0 Å². The zero-order valence-electron chi connectivity index (χ0n) is 22.2. The SMILES string of the molecule is Cc1cc(C)cc(N=Cc2cc(C)n(-c3cc(S(=O)(=O)N4CCOCC4)ccc3N3CCCC3)c2C)c1. The van der Waals surface area contributed by atoms with Gasteiger partial charge >= 0.3 is 0 Å². The van der Waals surface area contributed by atoms with E-state index < -0.39 is 10.0 Å². The zero-order chi connectivity index (χ0) is 26.2. The second-order valence-corrected chi connectivity index (χ2v) is 12.1. The zero-order valence-corrected chi connectivity index (χ0v) is 23.0. The van der Waals surface area contributed by atoms with Crippen LogP contribution in [0.1, 0.15) is 40.9 Å². The Kier molecular flexibility index (Phi) is 7.25. The number of aliphatic imine (C=N–C) groups is 1. The van der Waals surface area contributed by atoms with Gasteiger partial charge in [-0.25, -0.2) is 8.42 Å². The Morgan fingerprint density at radius 2 is 1.51 bits per heavy atom. The van der Waals surface area contributed by atoms with Crippen LogP contribution in [0.4, 0.5) is 11.4 Å². The number of ether oxygens (including phenoxy) is 1. The molecule has 2 fully saturated rings. The summed E-state index contributed by atoms with van der Waals surface area (Å²) in [6.07, 6.45) is 4.20. The number of anilines is 1. The van der Waals surface area contributed by atoms with Crippen LogP contribution in [0.2, 0.25) is 0 Å². The summed E-state index contributed by atoms with van der Waals surface area (Å²) >= 11 is 0. The van der Waals surface area contributed by atoms with Gasteiger partial charge in [0.25, 0.3) is 0 Å². The number of rotatable bonds is 6. The number of aromatic nitrogens is 1. The first-order valence-electron chi connectivity index (χ1n) is 13.0. The molecule has 3 aromatic rings. The Bertz CT molecular complexity index is 1410. The fourth-order valence-electron chi connectivity index (χ4n) is 5.46. The van der Waals surface area contributed by atoms with E-state index in [1.165, 1.54) is 15.4 Å². The van der Waals surface area contributed by atoms with Gasteiger partial charge in [0.05, 0.1) is 35.2 Å². The number of hydrogen-bond acceptors (Lipinski definition) is 5. The maximum Gasteiger partial charge on any atom is 0.243 e. The molecule has 2 aromatic carbocycles. The van der Waals surface area contributed by atoms with Crippen LogP contribution < -0.4 is 4.90 Å². The minimum atomic E-state index is -3.61. The van der Waals surface area contributed by atoms with E-state index in [-0.39, 0.29) is 0 Å². The lowest BCUT2D eigenvalue weighted by Crippen LogP contribution is -2.40. The van der Waals surface area contributed by atoms with E-state index in [4.69, 9.17) is 9.73 Å². The molecule has 0 atom stereocenters. The van der Waals surface area contributed by atoms with Gasteiger partial charge in [-0.2, -0.15) is 4.31 Å². The van der Waals surface area contributed by atoms with E-state index in [1.807, 2.05) is 18.3 Å². The molecule has 2 aliphatic heterocycles. The molecule has 0 aliphatic carbocycles. The number of benzene rings is 2. The third-order valence-corrected chi connectivity index (χ3v) is 9.17. The molecule has 8 heteroatoms. The van der Waals surface area contributed by atoms with Crippen LogP contribution >= 0.6 is 0 Å². The Hall–Kier alpha value is -2.94. The summed E-state index contributed by atoms with van der Waals surface area (Å²) in [4.78, 5) is 7.45. The number of morpholine rings is 1. The van der Waals surface area contributed by atoms with Gasteiger partial charge in [-0.3, -0.25) is 4.99 Å². The predicted octanol–water partition coefficient (Wildman–Crippen LogP) is 5.08. The molecule has 0 radical (unpaired) electrons. The lowest BCUT2D eigenvalue weighted by Gasteiger charge is -2.28. The van der Waals surface area contributed by atoms with Crippen molar-refractivity contribution in [1.29, 1.82) is 0 Å². The third-order valence-electron chi connectivity index (χ3n) is 7.27. The first-order chi connectivity index (χ1) is 17.7. The van der Waals surface area contributed by atoms with E-state index in [0.29, 0.717) is 31.2 Å². The summed E-state index contributed by atoms with van der Waals surface area (Å²) in [5.41, 5.74) is 8.37. The minimum absolute atomic E-state index is 0.324. The highest BCUT2D eigenvalue weighted by Gasteiger charge is 2.28. The average Bonchev–Trinajstić information content (AvgIpc) is 3.50. The summed E-state index contributed by atoms with van der Waals surface area (Å²) in [6, 6.07) is 14.0. The summed E-state index contributed by atoms with van der Waals surface area (Å²) in [6.45, 7) is 11.9. The first kappa shape index (κ1) is 25.7. The molecule has 0 saturated carbocycles. The largest absolute Gasteiger partial charge is 0.379 e. The van der Waals surface area contributed by atoms with Crippen molar-refractivity contribution in [2.24, 2.45) is 4.99 Å². The van der Waals surface area contributed by atoms with E-state index in [0.717, 1.165) is 59.9 Å². The average molecular weight is 521 g/mol. The Morgan fingerprint density at radius 3 is 2.19 bits per heavy atom. The van der Waals surface area contributed by atoms with E-state index >= 15 is 0 Å². The van der Waals surface area contributed by atoms with Crippen molar-refractivity contribution in [3.8, 4) is 5.69 Å². The van der Waals surface area contributed by atoms with Gasteiger partial charge < -0.3 is 14.2 Å². The van der Waals surface area contributed by atoms with Gasteiger partial charge in [-0.15, -0.1) is 0 Å². The highest BCUT2D eigenvalue weighted by Crippen LogP contribution is 2.34. The molecular weight excluding hydrogens is 484 g/mol. The second-order valence-electron chi connectivity index (χ2n) is 10.1. The molecule has 0 spiro atoms. The van der Waals surface area contributed by atoms with Crippen LogP contribution in [0.5, 0.6) is 0 Å². The van der Waals surface area contributed by atoms with Crippen molar-refractivity contribution in [2.75, 3.05) is 44.3 Å². The van der Waals surface area contributed by atoms with Crippen LogP contribution in [0.3, 0.4) is 0 Å². The Morgan fingerprint density at radius 1 is 0.838 bits per heavy atom. The topological polar surface area (TPSA) is 67.1 Å². The highest BCUT2D eigenvalue weighted by molar-refractivity contribution is 7.89. The van der Waals surface area contributed by atoms with Gasteiger partial charge in [0.15, 0.2) is 0 Å². The molecule has 0 bridgehead atoms. The molecule has 0 amide bonds. The number of nitrogens with zero attached hydrogens (tertiary/aromatic N) is 4. The first-order valence-corrected chi connectivity index (χ1v) is 14.5. The Labute approximate surface area is 220 Å². The fraction of sp³-hybridized carbons (Fsp3) is 0.414. The van der Waals surface area contributed by atoms with Crippen LogP contribution in [0.25, 0.3) is 5.69 Å². The van der Waals surface area contributed by atoms with Crippen LogP contribution in [-0.4, -0.2) is 62.9 Å². The molecule has 0 unspecified atom stereocenters. The predicted molar refractivity (Wildman–Crippen MR) is 149 cm³/mol. The monoisotopic (exact) mass is 520 g/mol. The van der Waals surface area contributed by atoms with Crippen LogP contribution in [-0.2, 0) is 14.8 Å². The van der Waals surface area contributed by atoms with Crippen molar-refractivity contribution in [3.05, 3.63) is 70.5 Å². The third kappa shape index (κ3) is 5.23. The molecule has 37 heavy (non-hydrogen) atoms. The lowest BCUT2D eigenvalue weighted by molar-refractivity contribution is 0.0730. The molecule has 2 saturated heterocycles. The molecule has 3 heterocycles. The van der Waals surface area contributed by atoms with Gasteiger partial charge in [0.1, 0.15) is 0 Å². The molecule has 196 valence electrons. The van der Waals surface area contributed by atoms with Gasteiger partial charge in [-0.05, 0) is 88.1 Å². The Balaban J connectivity index is 1.58. The maximum absolute atomic E-state index is 13.5. The lowest BCUT2D eigenvalue weighted by atomic mass is 10.1. The summed E-state index contributed by atoms with van der Waals surface area (Å²) in [5, 5.41) is 0. The minimum Gasteiger partial charge on any atom is -0.379 e. The molecule has 7 nitrogen and oxygen atoms in total. The number of sulfonamides is 1. The quantitative estimate of drug-likeness (QED) is 0.425. The number of aryl methyl sites for hydroxylation is 3. The van der Waals surface area contributed by atoms with E-state index in [2.05, 4.69) is 61.4 Å². The van der Waals surface area contributed by atoms with Gasteiger partial charge in [-0.1, -0.05) is 6.07 Å². The second kappa shape index (κ2) is 10.4. The van der Waals surface area contributed by atoms with Crippen LogP contribution in [0.15, 0.2) is 52.4 Å². The highest BCUT2D eigenvalue weighted by atomic mass is 32.2. The van der Waals surface area contributed by atoms with Crippen molar-refractivity contribution in [1.82, 2.24) is 8.87 Å². The molecule has 1 aromatic heterocycles. The van der Waals surface area contributed by atoms with E-state index in [1.54, 1.807) is 6.07 Å². The molecular formula is C29H36N4O3S. The summed E-state index contributed by atoms with van der Waals surface area (Å²) in [5.74, 6) is 0. The molecule has 5 rings (SSSR count). The smallest absolute Gasteiger partial charge is 0.243 e.